The van der Waals surface area contributed by atoms with Gasteiger partial charge in [-0.1, -0.05) is 6.92 Å². The Labute approximate surface area is 119 Å². The monoisotopic (exact) mass is 299 g/mol. The molecule has 2 aromatic rings. The van der Waals surface area contributed by atoms with Gasteiger partial charge in [0.25, 0.3) is 0 Å². The number of halogens is 4. The van der Waals surface area contributed by atoms with E-state index >= 15 is 0 Å². The standard InChI is InChI=1S/C14H13F4N3/c1-2-19-6-9-7-20-13(21-8-9)11-5-10(15)3-4-12(11)14(16,17)18/h3-5,7-8,19H,2,6H2,1H3. The van der Waals surface area contributed by atoms with Gasteiger partial charge in [-0.25, -0.2) is 14.4 Å². The molecular formula is C14H13F4N3. The largest absolute Gasteiger partial charge is 0.417 e. The number of hydrogen-bond acceptors (Lipinski definition) is 3. The number of hydrogen-bond donors (Lipinski definition) is 1. The van der Waals surface area contributed by atoms with Crippen LogP contribution in [0, 0.1) is 5.82 Å². The van der Waals surface area contributed by atoms with Crippen molar-refractivity contribution in [3.8, 4) is 11.4 Å². The maximum atomic E-state index is 13.2. The van der Waals surface area contributed by atoms with Crippen LogP contribution in [0.4, 0.5) is 17.6 Å². The van der Waals surface area contributed by atoms with Crippen molar-refractivity contribution in [2.75, 3.05) is 6.54 Å². The van der Waals surface area contributed by atoms with Crippen LogP contribution in [0.25, 0.3) is 11.4 Å². The van der Waals surface area contributed by atoms with Crippen LogP contribution in [-0.4, -0.2) is 16.5 Å². The fraction of sp³-hybridized carbons (Fsp3) is 0.286. The Morgan fingerprint density at radius 1 is 1.14 bits per heavy atom. The minimum absolute atomic E-state index is 0.151. The normalized spacial score (nSPS) is 11.7. The average Bonchev–Trinajstić information content (AvgIpc) is 2.44. The van der Waals surface area contributed by atoms with E-state index in [2.05, 4.69) is 15.3 Å². The van der Waals surface area contributed by atoms with Gasteiger partial charge in [-0.3, -0.25) is 0 Å². The minimum Gasteiger partial charge on any atom is -0.313 e. The molecule has 112 valence electrons. The van der Waals surface area contributed by atoms with Crippen LogP contribution < -0.4 is 5.32 Å². The molecule has 0 fully saturated rings. The molecular weight excluding hydrogens is 286 g/mol. The first-order chi connectivity index (χ1) is 9.91. The number of nitrogens with zero attached hydrogens (tertiary/aromatic N) is 2. The lowest BCUT2D eigenvalue weighted by Crippen LogP contribution is -2.12. The summed E-state index contributed by atoms with van der Waals surface area (Å²) in [4.78, 5) is 7.80. The van der Waals surface area contributed by atoms with E-state index in [-0.39, 0.29) is 11.4 Å². The zero-order chi connectivity index (χ0) is 15.5. The lowest BCUT2D eigenvalue weighted by atomic mass is 10.1. The number of aromatic nitrogens is 2. The number of rotatable bonds is 4. The van der Waals surface area contributed by atoms with Crippen LogP contribution in [0.5, 0.6) is 0 Å². The Kier molecular flexibility index (Phi) is 4.52. The van der Waals surface area contributed by atoms with Gasteiger partial charge in [0.2, 0.25) is 0 Å². The van der Waals surface area contributed by atoms with Crippen LogP contribution in [-0.2, 0) is 12.7 Å². The molecule has 1 heterocycles. The zero-order valence-electron chi connectivity index (χ0n) is 11.2. The van der Waals surface area contributed by atoms with E-state index in [0.717, 1.165) is 24.2 Å². The summed E-state index contributed by atoms with van der Waals surface area (Å²) in [6, 6.07) is 2.26. The second-order valence-corrected chi connectivity index (χ2v) is 4.38. The summed E-state index contributed by atoms with van der Waals surface area (Å²) >= 11 is 0. The molecule has 1 aromatic heterocycles. The van der Waals surface area contributed by atoms with Crippen LogP contribution in [0.1, 0.15) is 18.1 Å². The van der Waals surface area contributed by atoms with Crippen molar-refractivity contribution >= 4 is 0 Å². The first kappa shape index (κ1) is 15.4. The number of alkyl halides is 3. The van der Waals surface area contributed by atoms with Gasteiger partial charge in [0, 0.05) is 30.1 Å². The lowest BCUT2D eigenvalue weighted by molar-refractivity contribution is -0.137. The third-order valence-electron chi connectivity index (χ3n) is 2.81. The topological polar surface area (TPSA) is 37.8 Å². The molecule has 0 atom stereocenters. The molecule has 0 saturated carbocycles. The van der Waals surface area contributed by atoms with Gasteiger partial charge in [0.05, 0.1) is 5.56 Å². The summed E-state index contributed by atoms with van der Waals surface area (Å²) in [5.74, 6) is -0.916. The highest BCUT2D eigenvalue weighted by Crippen LogP contribution is 2.36. The third kappa shape index (κ3) is 3.75. The number of nitrogens with one attached hydrogen (secondary N) is 1. The van der Waals surface area contributed by atoms with Gasteiger partial charge in [-0.05, 0) is 24.7 Å². The van der Waals surface area contributed by atoms with Crippen LogP contribution in [0.2, 0.25) is 0 Å². The molecule has 2 rings (SSSR count). The molecule has 21 heavy (non-hydrogen) atoms. The second-order valence-electron chi connectivity index (χ2n) is 4.38. The highest BCUT2D eigenvalue weighted by molar-refractivity contribution is 5.61. The van der Waals surface area contributed by atoms with Gasteiger partial charge in [0.15, 0.2) is 5.82 Å². The van der Waals surface area contributed by atoms with Gasteiger partial charge in [-0.2, -0.15) is 13.2 Å². The molecule has 0 radical (unpaired) electrons. The van der Waals surface area contributed by atoms with Gasteiger partial charge in [0.1, 0.15) is 5.82 Å². The van der Waals surface area contributed by atoms with Crippen molar-refractivity contribution in [1.29, 1.82) is 0 Å². The second kappa shape index (κ2) is 6.17. The van der Waals surface area contributed by atoms with Gasteiger partial charge in [-0.15, -0.1) is 0 Å². The summed E-state index contributed by atoms with van der Waals surface area (Å²) in [7, 11) is 0. The zero-order valence-corrected chi connectivity index (χ0v) is 11.2. The quantitative estimate of drug-likeness (QED) is 0.879. The van der Waals surface area contributed by atoms with E-state index in [1.165, 1.54) is 12.4 Å². The summed E-state index contributed by atoms with van der Waals surface area (Å²) in [5, 5.41) is 3.05. The summed E-state index contributed by atoms with van der Waals surface area (Å²) in [6.45, 7) is 3.20. The molecule has 1 aromatic carbocycles. The Morgan fingerprint density at radius 3 is 2.38 bits per heavy atom. The Hall–Kier alpha value is -2.02. The molecule has 0 aliphatic heterocycles. The van der Waals surface area contributed by atoms with E-state index in [1.54, 1.807) is 0 Å². The van der Waals surface area contributed by atoms with Crippen molar-refractivity contribution in [3.05, 3.63) is 47.5 Å². The molecule has 0 amide bonds. The Balaban J connectivity index is 2.39. The van der Waals surface area contributed by atoms with Crippen molar-refractivity contribution in [2.24, 2.45) is 0 Å². The van der Waals surface area contributed by atoms with E-state index in [4.69, 9.17) is 0 Å². The van der Waals surface area contributed by atoms with E-state index < -0.39 is 17.6 Å². The maximum Gasteiger partial charge on any atom is 0.417 e. The van der Waals surface area contributed by atoms with Crippen LogP contribution in [0.3, 0.4) is 0 Å². The van der Waals surface area contributed by atoms with Gasteiger partial charge >= 0.3 is 6.18 Å². The Morgan fingerprint density at radius 2 is 1.81 bits per heavy atom. The molecule has 0 bridgehead atoms. The Bertz CT molecular complexity index is 609. The highest BCUT2D eigenvalue weighted by atomic mass is 19.4. The molecule has 7 heteroatoms. The lowest BCUT2D eigenvalue weighted by Gasteiger charge is -2.12. The highest BCUT2D eigenvalue weighted by Gasteiger charge is 2.34. The number of benzene rings is 1. The van der Waals surface area contributed by atoms with Crippen LogP contribution in [0.15, 0.2) is 30.6 Å². The predicted molar refractivity (Wildman–Crippen MR) is 69.8 cm³/mol. The summed E-state index contributed by atoms with van der Waals surface area (Å²) in [5.41, 5.74) is -0.577. The molecule has 0 saturated heterocycles. The smallest absolute Gasteiger partial charge is 0.313 e. The molecule has 0 aliphatic carbocycles. The summed E-state index contributed by atoms with van der Waals surface area (Å²) in [6.07, 6.45) is -1.74. The van der Waals surface area contributed by atoms with E-state index in [0.29, 0.717) is 12.6 Å². The summed E-state index contributed by atoms with van der Waals surface area (Å²) < 4.78 is 52.0. The first-order valence-corrected chi connectivity index (χ1v) is 6.30. The molecule has 3 nitrogen and oxygen atoms in total. The molecule has 1 N–H and O–H groups in total. The van der Waals surface area contributed by atoms with Crippen LogP contribution >= 0.6 is 0 Å². The molecule has 0 unspecified atom stereocenters. The molecule has 0 aliphatic rings. The first-order valence-electron chi connectivity index (χ1n) is 6.30. The fourth-order valence-corrected chi connectivity index (χ4v) is 1.80. The van der Waals surface area contributed by atoms with E-state index in [9.17, 15) is 17.6 Å². The van der Waals surface area contributed by atoms with Crippen molar-refractivity contribution in [1.82, 2.24) is 15.3 Å². The van der Waals surface area contributed by atoms with Crippen molar-refractivity contribution in [2.45, 2.75) is 19.6 Å². The SMILES string of the molecule is CCNCc1cnc(-c2cc(F)ccc2C(F)(F)F)nc1. The third-order valence-corrected chi connectivity index (χ3v) is 2.81. The van der Waals surface area contributed by atoms with E-state index in [1.807, 2.05) is 6.92 Å². The van der Waals surface area contributed by atoms with Gasteiger partial charge < -0.3 is 5.32 Å². The minimum atomic E-state index is -4.59. The van der Waals surface area contributed by atoms with Crippen molar-refractivity contribution in [3.63, 3.8) is 0 Å². The molecule has 0 spiro atoms. The van der Waals surface area contributed by atoms with Crippen molar-refractivity contribution < 1.29 is 17.6 Å². The predicted octanol–water partition coefficient (Wildman–Crippen LogP) is 3.41. The fourth-order valence-electron chi connectivity index (χ4n) is 1.80. The average molecular weight is 299 g/mol. The maximum absolute atomic E-state index is 13.2.